The van der Waals surface area contributed by atoms with Crippen molar-refractivity contribution in [2.24, 2.45) is 5.92 Å². The first-order valence-electron chi connectivity index (χ1n) is 8.00. The molecule has 2 aromatic heterocycles. The van der Waals surface area contributed by atoms with Crippen LogP contribution in [0.5, 0.6) is 6.01 Å². The molecule has 3 N–H and O–H groups in total. The van der Waals surface area contributed by atoms with Crippen LogP contribution in [0.3, 0.4) is 0 Å². The molecule has 1 aliphatic carbocycles. The molecule has 0 radical (unpaired) electrons. The first-order chi connectivity index (χ1) is 10.8. The van der Waals surface area contributed by atoms with Crippen LogP contribution < -0.4 is 10.5 Å². The molecule has 0 spiro atoms. The first kappa shape index (κ1) is 15.0. The summed E-state index contributed by atoms with van der Waals surface area (Å²) in [4.78, 5) is 12.9. The second kappa shape index (κ2) is 6.91. The normalized spacial score (nSPS) is 15.7. The summed E-state index contributed by atoms with van der Waals surface area (Å²) in [5.74, 6) is 0.960. The quantitative estimate of drug-likeness (QED) is 0.756. The SMILES string of the molecule is Nc1nc(OCC2CCCC2)nc2c1ncn2CCCCO. The second-order valence-corrected chi connectivity index (χ2v) is 5.89. The maximum Gasteiger partial charge on any atom is 0.320 e. The Morgan fingerprint density at radius 1 is 1.27 bits per heavy atom. The molecule has 0 aliphatic heterocycles. The highest BCUT2D eigenvalue weighted by atomic mass is 16.5. The highest BCUT2D eigenvalue weighted by molar-refractivity contribution is 5.81. The van der Waals surface area contributed by atoms with E-state index >= 15 is 0 Å². The molecule has 0 saturated heterocycles. The Balaban J connectivity index is 1.74. The summed E-state index contributed by atoms with van der Waals surface area (Å²) in [5, 5.41) is 8.88. The van der Waals surface area contributed by atoms with Gasteiger partial charge in [0.2, 0.25) is 0 Å². The van der Waals surface area contributed by atoms with E-state index in [2.05, 4.69) is 15.0 Å². The maximum atomic E-state index is 8.88. The summed E-state index contributed by atoms with van der Waals surface area (Å²) in [7, 11) is 0. The molecule has 2 heterocycles. The molecular formula is C15H23N5O2. The van der Waals surface area contributed by atoms with Gasteiger partial charge in [0.15, 0.2) is 11.5 Å². The predicted molar refractivity (Wildman–Crippen MR) is 83.5 cm³/mol. The number of aromatic nitrogens is 4. The fourth-order valence-electron chi connectivity index (χ4n) is 2.94. The molecule has 120 valence electrons. The van der Waals surface area contributed by atoms with E-state index < -0.39 is 0 Å². The lowest BCUT2D eigenvalue weighted by Crippen LogP contribution is -2.11. The Bertz CT molecular complexity index is 622. The number of unbranched alkanes of at least 4 members (excludes halogenated alkanes) is 1. The minimum atomic E-state index is 0.194. The summed E-state index contributed by atoms with van der Waals surface area (Å²) in [6, 6.07) is 0.334. The highest BCUT2D eigenvalue weighted by Gasteiger charge is 2.17. The molecular weight excluding hydrogens is 282 g/mol. The van der Waals surface area contributed by atoms with Gasteiger partial charge in [-0.05, 0) is 31.6 Å². The molecule has 7 nitrogen and oxygen atoms in total. The summed E-state index contributed by atoms with van der Waals surface area (Å²) in [6.07, 6.45) is 8.35. The summed E-state index contributed by atoms with van der Waals surface area (Å²) < 4.78 is 7.68. The third-order valence-electron chi connectivity index (χ3n) is 4.20. The molecule has 3 rings (SSSR count). The molecule has 0 bridgehead atoms. The van der Waals surface area contributed by atoms with Gasteiger partial charge in [0, 0.05) is 13.2 Å². The number of nitrogens with zero attached hydrogens (tertiary/aromatic N) is 4. The van der Waals surface area contributed by atoms with Crippen molar-refractivity contribution in [3.8, 4) is 6.01 Å². The van der Waals surface area contributed by atoms with E-state index in [0.29, 0.717) is 35.5 Å². The van der Waals surface area contributed by atoms with Crippen LogP contribution in [-0.4, -0.2) is 37.8 Å². The summed E-state index contributed by atoms with van der Waals surface area (Å²) >= 11 is 0. The first-order valence-corrected chi connectivity index (χ1v) is 8.00. The van der Waals surface area contributed by atoms with Gasteiger partial charge in [-0.25, -0.2) is 4.98 Å². The van der Waals surface area contributed by atoms with E-state index in [9.17, 15) is 0 Å². The van der Waals surface area contributed by atoms with E-state index in [1.54, 1.807) is 6.33 Å². The van der Waals surface area contributed by atoms with Crippen LogP contribution in [0.4, 0.5) is 5.82 Å². The number of nitrogens with two attached hydrogens (primary N) is 1. The number of hydrogen-bond acceptors (Lipinski definition) is 6. The number of ether oxygens (including phenoxy) is 1. The van der Waals surface area contributed by atoms with E-state index in [-0.39, 0.29) is 6.61 Å². The zero-order chi connectivity index (χ0) is 15.4. The molecule has 1 saturated carbocycles. The van der Waals surface area contributed by atoms with Crippen molar-refractivity contribution in [1.29, 1.82) is 0 Å². The minimum absolute atomic E-state index is 0.194. The third kappa shape index (κ3) is 3.30. The van der Waals surface area contributed by atoms with Crippen LogP contribution in [-0.2, 0) is 6.54 Å². The van der Waals surface area contributed by atoms with E-state index in [4.69, 9.17) is 15.6 Å². The molecule has 7 heteroatoms. The van der Waals surface area contributed by atoms with Crippen LogP contribution in [0.15, 0.2) is 6.33 Å². The van der Waals surface area contributed by atoms with Crippen molar-refractivity contribution >= 4 is 17.0 Å². The van der Waals surface area contributed by atoms with Gasteiger partial charge in [-0.15, -0.1) is 0 Å². The Morgan fingerprint density at radius 2 is 2.09 bits per heavy atom. The number of imidazole rings is 1. The lowest BCUT2D eigenvalue weighted by Gasteiger charge is -2.10. The van der Waals surface area contributed by atoms with Gasteiger partial charge in [0.05, 0.1) is 12.9 Å². The summed E-state index contributed by atoms with van der Waals surface area (Å²) in [6.45, 7) is 1.60. The molecule has 22 heavy (non-hydrogen) atoms. The molecule has 0 atom stereocenters. The monoisotopic (exact) mass is 305 g/mol. The number of fused-ring (bicyclic) bond motifs is 1. The van der Waals surface area contributed by atoms with Crippen molar-refractivity contribution in [3.63, 3.8) is 0 Å². The number of rotatable bonds is 7. The Morgan fingerprint density at radius 3 is 2.86 bits per heavy atom. The lowest BCUT2D eigenvalue weighted by atomic mass is 10.1. The zero-order valence-electron chi connectivity index (χ0n) is 12.7. The van der Waals surface area contributed by atoms with E-state index in [1.165, 1.54) is 25.7 Å². The average Bonchev–Trinajstić information content (AvgIpc) is 3.15. The standard InChI is InChI=1S/C15H23N5O2/c16-13-12-14(20(10-17-12)7-3-4-8-21)19-15(18-13)22-9-11-5-1-2-6-11/h10-11,21H,1-9H2,(H2,16,18,19). The molecule has 1 fully saturated rings. The molecule has 0 amide bonds. The van der Waals surface area contributed by atoms with Crippen molar-refractivity contribution in [3.05, 3.63) is 6.33 Å². The van der Waals surface area contributed by atoms with Crippen LogP contribution in [0.25, 0.3) is 11.2 Å². The third-order valence-corrected chi connectivity index (χ3v) is 4.20. The van der Waals surface area contributed by atoms with Crippen LogP contribution in [0.2, 0.25) is 0 Å². The number of anilines is 1. The van der Waals surface area contributed by atoms with Gasteiger partial charge in [-0.2, -0.15) is 9.97 Å². The Kier molecular flexibility index (Phi) is 4.72. The highest BCUT2D eigenvalue weighted by Crippen LogP contribution is 2.26. The topological polar surface area (TPSA) is 99.1 Å². The van der Waals surface area contributed by atoms with Gasteiger partial charge < -0.3 is 20.1 Å². The van der Waals surface area contributed by atoms with Crippen LogP contribution >= 0.6 is 0 Å². The van der Waals surface area contributed by atoms with Gasteiger partial charge in [-0.1, -0.05) is 12.8 Å². The molecule has 1 aliphatic rings. The van der Waals surface area contributed by atoms with Gasteiger partial charge in [0.25, 0.3) is 0 Å². The van der Waals surface area contributed by atoms with Crippen molar-refractivity contribution in [2.45, 2.75) is 45.1 Å². The van der Waals surface area contributed by atoms with Crippen molar-refractivity contribution in [2.75, 3.05) is 18.9 Å². The summed E-state index contributed by atoms with van der Waals surface area (Å²) in [5.41, 5.74) is 7.27. The maximum absolute atomic E-state index is 8.88. The van der Waals surface area contributed by atoms with Gasteiger partial charge in [0.1, 0.15) is 5.52 Å². The van der Waals surface area contributed by atoms with Gasteiger partial charge in [-0.3, -0.25) is 0 Å². The number of hydrogen-bond donors (Lipinski definition) is 2. The second-order valence-electron chi connectivity index (χ2n) is 5.89. The van der Waals surface area contributed by atoms with E-state index in [1.807, 2.05) is 4.57 Å². The molecule has 2 aromatic rings. The number of aliphatic hydroxyl groups is 1. The number of aryl methyl sites for hydroxylation is 1. The fourth-order valence-corrected chi connectivity index (χ4v) is 2.94. The van der Waals surface area contributed by atoms with Crippen molar-refractivity contribution in [1.82, 2.24) is 19.5 Å². The lowest BCUT2D eigenvalue weighted by molar-refractivity contribution is 0.235. The van der Waals surface area contributed by atoms with Crippen LogP contribution in [0, 0.1) is 5.92 Å². The zero-order valence-corrected chi connectivity index (χ0v) is 12.7. The average molecular weight is 305 g/mol. The minimum Gasteiger partial charge on any atom is -0.463 e. The number of aliphatic hydroxyl groups excluding tert-OH is 1. The molecule has 0 unspecified atom stereocenters. The Labute approximate surface area is 129 Å². The van der Waals surface area contributed by atoms with E-state index in [0.717, 1.165) is 19.4 Å². The largest absolute Gasteiger partial charge is 0.463 e. The number of nitrogen functional groups attached to an aromatic ring is 1. The predicted octanol–water partition coefficient (Wildman–Crippen LogP) is 1.75. The van der Waals surface area contributed by atoms with Crippen LogP contribution in [0.1, 0.15) is 38.5 Å². The van der Waals surface area contributed by atoms with Crippen molar-refractivity contribution < 1.29 is 9.84 Å². The van der Waals surface area contributed by atoms with Gasteiger partial charge >= 0.3 is 6.01 Å². The Hall–Kier alpha value is -1.89. The molecule has 0 aromatic carbocycles. The smallest absolute Gasteiger partial charge is 0.320 e. The fraction of sp³-hybridized carbons (Fsp3) is 0.667.